The molecule has 1 aromatic rings. The van der Waals surface area contributed by atoms with Gasteiger partial charge in [0.2, 0.25) is 0 Å². The maximum absolute atomic E-state index is 13.7. The molecule has 0 radical (unpaired) electrons. The molecule has 1 aromatic heterocycles. The average molecular weight is 548 g/mol. The molecular weight excluding hydrogens is 498 g/mol. The molecule has 6 rings (SSSR count). The first-order valence-electron chi connectivity index (χ1n) is 15.8. The lowest BCUT2D eigenvalue weighted by atomic mass is 9.33. The molecule has 5 aliphatic rings. The molecule has 1 amide bonds. The smallest absolute Gasteiger partial charge is 0.272 e. The van der Waals surface area contributed by atoms with Gasteiger partial charge in [0, 0.05) is 18.8 Å². The third kappa shape index (κ3) is 3.56. The Morgan fingerprint density at radius 3 is 2.38 bits per heavy atom. The van der Waals surface area contributed by atoms with Crippen molar-refractivity contribution in [1.29, 1.82) is 0 Å². The molecular formula is C34H49N3O3. The summed E-state index contributed by atoms with van der Waals surface area (Å²) in [7, 11) is 0. The molecule has 40 heavy (non-hydrogen) atoms. The van der Waals surface area contributed by atoms with Crippen LogP contribution >= 0.6 is 0 Å². The first kappa shape index (κ1) is 28.1. The number of Topliss-reactive ketones (excluding diaryl/α,β-unsaturated/α-hetero) is 1. The number of fused-ring (bicyclic) bond motifs is 7. The lowest BCUT2D eigenvalue weighted by molar-refractivity contribution is -0.226. The monoisotopic (exact) mass is 547 g/mol. The number of allylic oxidation sites excluding steroid dienone is 1. The highest BCUT2D eigenvalue weighted by molar-refractivity contribution is 6.03. The van der Waals surface area contributed by atoms with Crippen molar-refractivity contribution in [3.63, 3.8) is 0 Å². The van der Waals surface area contributed by atoms with Gasteiger partial charge >= 0.3 is 0 Å². The molecule has 0 bridgehead atoms. The van der Waals surface area contributed by atoms with E-state index >= 15 is 0 Å². The van der Waals surface area contributed by atoms with Crippen LogP contribution in [0, 0.1) is 45.3 Å². The summed E-state index contributed by atoms with van der Waals surface area (Å²) in [5.74, 6) is 1.49. The van der Waals surface area contributed by atoms with Gasteiger partial charge in [0.05, 0.1) is 17.8 Å². The molecule has 0 aromatic carbocycles. The van der Waals surface area contributed by atoms with Crippen LogP contribution in [0.4, 0.5) is 0 Å². The summed E-state index contributed by atoms with van der Waals surface area (Å²) in [6.07, 6.45) is 13.1. The Morgan fingerprint density at radius 1 is 0.950 bits per heavy atom. The maximum atomic E-state index is 13.7. The zero-order chi connectivity index (χ0) is 28.9. The molecule has 5 aliphatic carbocycles. The predicted octanol–water partition coefficient (Wildman–Crippen LogP) is 6.30. The quantitative estimate of drug-likeness (QED) is 0.463. The van der Waals surface area contributed by atoms with E-state index in [-0.39, 0.29) is 51.3 Å². The Labute approximate surface area is 240 Å². The van der Waals surface area contributed by atoms with Crippen LogP contribution in [0.15, 0.2) is 29.7 Å². The number of hydrogen-bond acceptors (Lipinski definition) is 5. The number of aliphatic hydroxyl groups is 1. The standard InChI is InChI=1S/C34H49N3O3/c1-20(2)27-23(38)18-34(37-29(40)22-19-35-16-17-36-22)15-14-32(6)21(28(27)34)8-9-25-31(5)12-11-26(39)30(3,4)24(31)10-13-33(25,32)7/h16-17,19-21,24-26,39H,8-15,18H2,1-7H3,(H,37,40)/t21-,24+,25-,26+,31+,32-,33-,34-/m1/s1. The fourth-order valence-electron chi connectivity index (χ4n) is 11.4. The normalized spacial score (nSPS) is 44.0. The van der Waals surface area contributed by atoms with E-state index in [1.807, 2.05) is 0 Å². The van der Waals surface area contributed by atoms with Crippen LogP contribution in [0.1, 0.15) is 117 Å². The van der Waals surface area contributed by atoms with Crippen molar-refractivity contribution >= 4 is 11.7 Å². The summed E-state index contributed by atoms with van der Waals surface area (Å²) in [5.41, 5.74) is 2.22. The predicted molar refractivity (Wildman–Crippen MR) is 155 cm³/mol. The number of aliphatic hydroxyl groups excluding tert-OH is 1. The second kappa shape index (κ2) is 8.96. The van der Waals surface area contributed by atoms with Crippen LogP contribution in [-0.2, 0) is 4.79 Å². The number of aromatic nitrogens is 2. The fourth-order valence-corrected chi connectivity index (χ4v) is 11.4. The van der Waals surface area contributed by atoms with Crippen LogP contribution in [0.5, 0.6) is 0 Å². The molecule has 6 nitrogen and oxygen atoms in total. The van der Waals surface area contributed by atoms with Crippen LogP contribution in [0.3, 0.4) is 0 Å². The second-order valence-corrected chi connectivity index (χ2v) is 15.7. The number of amides is 1. The van der Waals surface area contributed by atoms with Gasteiger partial charge in [0.1, 0.15) is 5.69 Å². The van der Waals surface area contributed by atoms with Gasteiger partial charge in [0.25, 0.3) is 5.91 Å². The van der Waals surface area contributed by atoms with Crippen LogP contribution in [0.2, 0.25) is 0 Å². The molecule has 4 saturated carbocycles. The topological polar surface area (TPSA) is 92.2 Å². The number of rotatable bonds is 3. The van der Waals surface area contributed by atoms with Crippen molar-refractivity contribution in [3.05, 3.63) is 35.4 Å². The summed E-state index contributed by atoms with van der Waals surface area (Å²) in [6, 6.07) is 0. The number of nitrogens with one attached hydrogen (secondary N) is 1. The van der Waals surface area contributed by atoms with E-state index in [1.165, 1.54) is 11.8 Å². The Bertz CT molecular complexity index is 1260. The summed E-state index contributed by atoms with van der Waals surface area (Å²) >= 11 is 0. The van der Waals surface area contributed by atoms with Crippen LogP contribution < -0.4 is 5.32 Å². The first-order chi connectivity index (χ1) is 18.7. The molecule has 8 atom stereocenters. The number of nitrogens with zero attached hydrogens (tertiary/aromatic N) is 2. The molecule has 0 aliphatic heterocycles. The first-order valence-corrected chi connectivity index (χ1v) is 15.8. The van der Waals surface area contributed by atoms with E-state index in [0.29, 0.717) is 24.0 Å². The average Bonchev–Trinajstić information content (AvgIpc) is 3.19. The van der Waals surface area contributed by atoms with Gasteiger partial charge in [-0.3, -0.25) is 14.6 Å². The SMILES string of the molecule is CC(C)C1=C2[C@H]3CC[C@@H]4[C@@]5(C)CC[C@H](O)C(C)(C)[C@@H]5CC[C@@]4(C)[C@]3(C)CC[C@@]2(NC(=O)c2cnccn2)CC1=O. The summed E-state index contributed by atoms with van der Waals surface area (Å²) in [6.45, 7) is 16.5. The molecule has 6 heteroatoms. The van der Waals surface area contributed by atoms with Crippen molar-refractivity contribution in [3.8, 4) is 0 Å². The lowest BCUT2D eigenvalue weighted by Crippen LogP contribution is -2.67. The Hall–Kier alpha value is -2.08. The van der Waals surface area contributed by atoms with Gasteiger partial charge in [-0.05, 0) is 108 Å². The Kier molecular flexibility index (Phi) is 6.28. The molecule has 0 saturated heterocycles. The van der Waals surface area contributed by atoms with Crippen LogP contribution in [-0.4, -0.2) is 38.4 Å². The second-order valence-electron chi connectivity index (χ2n) is 15.7. The minimum Gasteiger partial charge on any atom is -0.393 e. The van der Waals surface area contributed by atoms with Crippen molar-refractivity contribution in [1.82, 2.24) is 15.3 Å². The Balaban J connectivity index is 1.41. The van der Waals surface area contributed by atoms with Gasteiger partial charge in [-0.2, -0.15) is 0 Å². The van der Waals surface area contributed by atoms with Gasteiger partial charge < -0.3 is 10.4 Å². The number of carbonyl (C=O) groups is 2. The van der Waals surface area contributed by atoms with Gasteiger partial charge in [0.15, 0.2) is 5.78 Å². The van der Waals surface area contributed by atoms with Crippen molar-refractivity contribution in [2.75, 3.05) is 0 Å². The zero-order valence-electron chi connectivity index (χ0n) is 25.6. The van der Waals surface area contributed by atoms with Crippen molar-refractivity contribution < 1.29 is 14.7 Å². The van der Waals surface area contributed by atoms with Crippen molar-refractivity contribution in [2.45, 2.75) is 118 Å². The van der Waals surface area contributed by atoms with E-state index in [1.54, 1.807) is 12.4 Å². The van der Waals surface area contributed by atoms with Crippen molar-refractivity contribution in [2.24, 2.45) is 45.3 Å². The molecule has 0 unspecified atom stereocenters. The number of ketones is 1. The molecule has 4 fully saturated rings. The van der Waals surface area contributed by atoms with Gasteiger partial charge in [-0.25, -0.2) is 4.98 Å². The lowest BCUT2D eigenvalue weighted by Gasteiger charge is -2.72. The van der Waals surface area contributed by atoms with Crippen LogP contribution in [0.25, 0.3) is 0 Å². The van der Waals surface area contributed by atoms with E-state index in [2.05, 4.69) is 63.8 Å². The number of carbonyl (C=O) groups excluding carboxylic acids is 2. The Morgan fingerprint density at radius 2 is 1.70 bits per heavy atom. The summed E-state index contributed by atoms with van der Waals surface area (Å²) < 4.78 is 0. The minimum absolute atomic E-state index is 0.0466. The molecule has 2 N–H and O–H groups in total. The highest BCUT2D eigenvalue weighted by atomic mass is 16.3. The molecule has 0 spiro atoms. The highest BCUT2D eigenvalue weighted by Gasteiger charge is 2.70. The molecule has 1 heterocycles. The fraction of sp³-hybridized carbons (Fsp3) is 0.765. The summed E-state index contributed by atoms with van der Waals surface area (Å²) in [5, 5.41) is 14.4. The third-order valence-electron chi connectivity index (χ3n) is 13.6. The minimum atomic E-state index is -0.628. The maximum Gasteiger partial charge on any atom is 0.272 e. The van der Waals surface area contributed by atoms with E-state index in [4.69, 9.17) is 0 Å². The zero-order valence-corrected chi connectivity index (χ0v) is 25.6. The van der Waals surface area contributed by atoms with E-state index in [9.17, 15) is 14.7 Å². The third-order valence-corrected chi connectivity index (χ3v) is 13.6. The largest absolute Gasteiger partial charge is 0.393 e. The number of hydrogen-bond donors (Lipinski definition) is 2. The van der Waals surface area contributed by atoms with E-state index in [0.717, 1.165) is 56.9 Å². The van der Waals surface area contributed by atoms with Gasteiger partial charge in [-0.1, -0.05) is 48.5 Å². The molecule has 218 valence electrons. The van der Waals surface area contributed by atoms with E-state index < -0.39 is 5.54 Å². The summed E-state index contributed by atoms with van der Waals surface area (Å²) in [4.78, 5) is 35.6. The van der Waals surface area contributed by atoms with Gasteiger partial charge in [-0.15, -0.1) is 0 Å². The highest BCUT2D eigenvalue weighted by Crippen LogP contribution is 2.75.